The van der Waals surface area contributed by atoms with Gasteiger partial charge in [-0.1, -0.05) is 18.2 Å². The van der Waals surface area contributed by atoms with Crippen molar-refractivity contribution in [3.8, 4) is 0 Å². The first-order valence-electron chi connectivity index (χ1n) is 8.31. The van der Waals surface area contributed by atoms with Gasteiger partial charge in [0, 0.05) is 24.0 Å². The van der Waals surface area contributed by atoms with Crippen LogP contribution in [0.1, 0.15) is 30.5 Å². The first-order chi connectivity index (χ1) is 11.6. The molecule has 6 heteroatoms. The zero-order valence-electron chi connectivity index (χ0n) is 13.9. The van der Waals surface area contributed by atoms with Crippen molar-refractivity contribution < 1.29 is 9.90 Å². The topological polar surface area (TPSA) is 65.5 Å². The monoisotopic (exact) mass is 345 g/mol. The van der Waals surface area contributed by atoms with Crippen LogP contribution < -0.4 is 5.32 Å². The average Bonchev–Trinajstić information content (AvgIpc) is 2.98. The van der Waals surface area contributed by atoms with Crippen LogP contribution in [0.15, 0.2) is 29.6 Å². The quantitative estimate of drug-likeness (QED) is 0.832. The summed E-state index contributed by atoms with van der Waals surface area (Å²) in [5.74, 6) is -0.354. The van der Waals surface area contributed by atoms with Crippen LogP contribution in [0.5, 0.6) is 0 Å². The van der Waals surface area contributed by atoms with Gasteiger partial charge in [0.15, 0.2) is 5.13 Å². The normalized spacial score (nSPS) is 16.2. The Morgan fingerprint density at radius 3 is 2.83 bits per heavy atom. The molecule has 0 aliphatic carbocycles. The van der Waals surface area contributed by atoms with Crippen LogP contribution in [0.2, 0.25) is 0 Å². The van der Waals surface area contributed by atoms with E-state index in [1.807, 2.05) is 12.1 Å². The SMILES string of the molecule is Cc1ccccc1Nc1nc(CN2CCC(CC(=O)O)CC2)cs1. The van der Waals surface area contributed by atoms with Crippen LogP contribution in [0.25, 0.3) is 0 Å². The minimum absolute atomic E-state index is 0.301. The molecular formula is C18H23N3O2S. The Kier molecular flexibility index (Phi) is 5.48. The second-order valence-corrected chi connectivity index (χ2v) is 7.26. The van der Waals surface area contributed by atoms with Crippen molar-refractivity contribution in [3.05, 3.63) is 40.9 Å². The molecule has 0 bridgehead atoms. The molecule has 1 aromatic carbocycles. The van der Waals surface area contributed by atoms with E-state index in [-0.39, 0.29) is 0 Å². The largest absolute Gasteiger partial charge is 0.481 e. The van der Waals surface area contributed by atoms with Gasteiger partial charge in [0.1, 0.15) is 0 Å². The van der Waals surface area contributed by atoms with Crippen molar-refractivity contribution in [1.29, 1.82) is 0 Å². The van der Waals surface area contributed by atoms with Crippen molar-refractivity contribution in [3.63, 3.8) is 0 Å². The number of likely N-dealkylation sites (tertiary alicyclic amines) is 1. The van der Waals surface area contributed by atoms with Crippen molar-refractivity contribution in [2.45, 2.75) is 32.7 Å². The highest BCUT2D eigenvalue weighted by Gasteiger charge is 2.21. The predicted molar refractivity (Wildman–Crippen MR) is 96.8 cm³/mol. The minimum atomic E-state index is -0.681. The molecular weight excluding hydrogens is 322 g/mol. The highest BCUT2D eigenvalue weighted by molar-refractivity contribution is 7.13. The van der Waals surface area contributed by atoms with Gasteiger partial charge < -0.3 is 10.4 Å². The third-order valence-electron chi connectivity index (χ3n) is 4.49. The van der Waals surface area contributed by atoms with Gasteiger partial charge in [-0.3, -0.25) is 9.69 Å². The molecule has 1 fully saturated rings. The minimum Gasteiger partial charge on any atom is -0.481 e. The van der Waals surface area contributed by atoms with Crippen LogP contribution in [0.4, 0.5) is 10.8 Å². The van der Waals surface area contributed by atoms with E-state index in [4.69, 9.17) is 5.11 Å². The molecule has 2 heterocycles. The third kappa shape index (κ3) is 4.55. The fourth-order valence-electron chi connectivity index (χ4n) is 3.09. The second kappa shape index (κ2) is 7.77. The third-order valence-corrected chi connectivity index (χ3v) is 5.30. The lowest BCUT2D eigenvalue weighted by Gasteiger charge is -2.30. The number of para-hydroxylation sites is 1. The number of hydrogen-bond donors (Lipinski definition) is 2. The molecule has 3 rings (SSSR count). The first-order valence-corrected chi connectivity index (χ1v) is 9.19. The summed E-state index contributed by atoms with van der Waals surface area (Å²) in [5, 5.41) is 15.3. The lowest BCUT2D eigenvalue weighted by Crippen LogP contribution is -2.34. The smallest absolute Gasteiger partial charge is 0.303 e. The molecule has 5 nitrogen and oxygen atoms in total. The highest BCUT2D eigenvalue weighted by Crippen LogP contribution is 2.25. The van der Waals surface area contributed by atoms with Crippen molar-refractivity contribution in [2.75, 3.05) is 18.4 Å². The van der Waals surface area contributed by atoms with Crippen molar-refractivity contribution in [1.82, 2.24) is 9.88 Å². The number of anilines is 2. The number of aryl methyl sites for hydroxylation is 1. The number of carboxylic acids is 1. The summed E-state index contributed by atoms with van der Waals surface area (Å²) in [6.07, 6.45) is 2.23. The molecule has 1 aliphatic heterocycles. The molecule has 0 radical (unpaired) electrons. The number of carbonyl (C=O) groups is 1. The number of piperidine rings is 1. The predicted octanol–water partition coefficient (Wildman–Crippen LogP) is 3.88. The van der Waals surface area contributed by atoms with Gasteiger partial charge in [-0.05, 0) is 50.4 Å². The maximum absolute atomic E-state index is 10.8. The fraction of sp³-hybridized carbons (Fsp3) is 0.444. The van der Waals surface area contributed by atoms with Crippen LogP contribution in [0, 0.1) is 12.8 Å². The summed E-state index contributed by atoms with van der Waals surface area (Å²) in [4.78, 5) is 17.8. The Bertz CT molecular complexity index is 693. The molecule has 1 saturated heterocycles. The molecule has 1 aromatic heterocycles. The van der Waals surface area contributed by atoms with E-state index in [9.17, 15) is 4.79 Å². The molecule has 2 aromatic rings. The van der Waals surface area contributed by atoms with Crippen LogP contribution in [-0.2, 0) is 11.3 Å². The molecule has 0 unspecified atom stereocenters. The summed E-state index contributed by atoms with van der Waals surface area (Å²) in [6, 6.07) is 8.19. The number of nitrogens with one attached hydrogen (secondary N) is 1. The molecule has 24 heavy (non-hydrogen) atoms. The highest BCUT2D eigenvalue weighted by atomic mass is 32.1. The Labute approximate surface area is 146 Å². The van der Waals surface area contributed by atoms with Gasteiger partial charge in [0.25, 0.3) is 0 Å². The van der Waals surface area contributed by atoms with E-state index >= 15 is 0 Å². The average molecular weight is 345 g/mol. The number of nitrogens with zero attached hydrogens (tertiary/aromatic N) is 2. The first kappa shape index (κ1) is 16.9. The van der Waals surface area contributed by atoms with E-state index in [1.54, 1.807) is 11.3 Å². The zero-order chi connectivity index (χ0) is 16.9. The number of hydrogen-bond acceptors (Lipinski definition) is 5. The number of benzene rings is 1. The van der Waals surface area contributed by atoms with Crippen LogP contribution in [-0.4, -0.2) is 34.0 Å². The van der Waals surface area contributed by atoms with Crippen LogP contribution in [0.3, 0.4) is 0 Å². The van der Waals surface area contributed by atoms with E-state index in [0.29, 0.717) is 12.3 Å². The van der Waals surface area contributed by atoms with Gasteiger partial charge in [-0.15, -0.1) is 11.3 Å². The maximum Gasteiger partial charge on any atom is 0.303 e. The summed E-state index contributed by atoms with van der Waals surface area (Å²) in [5.41, 5.74) is 3.37. The fourth-order valence-corrected chi connectivity index (χ4v) is 3.80. The Balaban J connectivity index is 1.52. The Hall–Kier alpha value is -1.92. The number of aromatic nitrogens is 1. The van der Waals surface area contributed by atoms with Crippen LogP contribution >= 0.6 is 11.3 Å². The standard InChI is InChI=1S/C18H23N3O2S/c1-13-4-2-3-5-16(13)20-18-19-15(12-24-18)11-21-8-6-14(7-9-21)10-17(22)23/h2-5,12,14H,6-11H2,1H3,(H,19,20)(H,22,23). The number of thiazole rings is 1. The maximum atomic E-state index is 10.8. The molecule has 2 N–H and O–H groups in total. The Morgan fingerprint density at radius 2 is 2.12 bits per heavy atom. The molecule has 0 spiro atoms. The molecule has 0 atom stereocenters. The van der Waals surface area contributed by atoms with Crippen molar-refractivity contribution >= 4 is 28.1 Å². The molecule has 1 aliphatic rings. The van der Waals surface area contributed by atoms with E-state index in [0.717, 1.165) is 49.0 Å². The lowest BCUT2D eigenvalue weighted by molar-refractivity contribution is -0.138. The van der Waals surface area contributed by atoms with Crippen molar-refractivity contribution in [2.24, 2.45) is 5.92 Å². The second-order valence-electron chi connectivity index (χ2n) is 6.40. The lowest BCUT2D eigenvalue weighted by atomic mass is 9.93. The zero-order valence-corrected chi connectivity index (χ0v) is 14.7. The number of rotatable bonds is 6. The molecule has 0 saturated carbocycles. The summed E-state index contributed by atoms with van der Waals surface area (Å²) < 4.78 is 0. The van der Waals surface area contributed by atoms with Gasteiger partial charge in [-0.25, -0.2) is 4.98 Å². The van der Waals surface area contributed by atoms with E-state index in [1.165, 1.54) is 5.56 Å². The summed E-state index contributed by atoms with van der Waals surface area (Å²) in [7, 11) is 0. The number of aliphatic carboxylic acids is 1. The van der Waals surface area contributed by atoms with Gasteiger partial charge in [-0.2, -0.15) is 0 Å². The van der Waals surface area contributed by atoms with E-state index in [2.05, 4.69) is 39.6 Å². The van der Waals surface area contributed by atoms with Gasteiger partial charge in [0.2, 0.25) is 0 Å². The molecule has 128 valence electrons. The number of carboxylic acid groups (broad SMARTS) is 1. The Morgan fingerprint density at radius 1 is 1.38 bits per heavy atom. The van der Waals surface area contributed by atoms with Gasteiger partial charge >= 0.3 is 5.97 Å². The summed E-state index contributed by atoms with van der Waals surface area (Å²) in [6.45, 7) is 4.83. The van der Waals surface area contributed by atoms with E-state index < -0.39 is 5.97 Å². The van der Waals surface area contributed by atoms with Gasteiger partial charge in [0.05, 0.1) is 5.69 Å². The molecule has 0 amide bonds. The summed E-state index contributed by atoms with van der Waals surface area (Å²) >= 11 is 1.62.